The molecule has 6 rings (SSSR count). The van der Waals surface area contributed by atoms with E-state index in [1.54, 1.807) is 122 Å². The van der Waals surface area contributed by atoms with Gasteiger partial charge in [-0.25, -0.2) is 0 Å². The fourth-order valence-corrected chi connectivity index (χ4v) is 5.48. The summed E-state index contributed by atoms with van der Waals surface area (Å²) in [6.45, 7) is -5.25. The van der Waals surface area contributed by atoms with E-state index in [2.05, 4.69) is 0 Å². The van der Waals surface area contributed by atoms with Crippen molar-refractivity contribution in [1.29, 1.82) is 0 Å². The molecule has 0 aliphatic carbocycles. The van der Waals surface area contributed by atoms with E-state index in [0.29, 0.717) is 33.6 Å². The number of rotatable bonds is 15. The zero-order chi connectivity index (χ0) is 36.5. The van der Waals surface area contributed by atoms with Crippen molar-refractivity contribution in [2.45, 2.75) is 56.5 Å². The van der Waals surface area contributed by atoms with Gasteiger partial charge in [-0.2, -0.15) is 0 Å². The highest BCUT2D eigenvalue weighted by atomic mass is 16.7. The van der Waals surface area contributed by atoms with E-state index in [1.807, 2.05) is 30.3 Å². The Kier molecular flexibility index (Phi) is 9.95. The first-order valence-electron chi connectivity index (χ1n) is 18.1. The van der Waals surface area contributed by atoms with Crippen molar-refractivity contribution in [1.82, 2.24) is 0 Å². The van der Waals surface area contributed by atoms with Crippen LogP contribution in [0.4, 0.5) is 0 Å². The van der Waals surface area contributed by atoms with Gasteiger partial charge in [0.05, 0.1) is 45.5 Å². The molecule has 5 aromatic carbocycles. The molecule has 0 amide bonds. The number of methoxy groups -OCH3 is 1. The molecule has 5 aromatic rings. The second-order valence-corrected chi connectivity index (χ2v) is 11.3. The number of aliphatic hydroxyl groups is 1. The van der Waals surface area contributed by atoms with Crippen molar-refractivity contribution in [2.24, 2.45) is 0 Å². The first-order chi connectivity index (χ1) is 25.3. The molecule has 0 saturated carbocycles. The Hall–Kier alpha value is -4.34. The predicted molar refractivity (Wildman–Crippen MR) is 183 cm³/mol. The lowest BCUT2D eigenvalue weighted by atomic mass is 9.87. The molecule has 48 heavy (non-hydrogen) atoms. The molecule has 7 heteroatoms. The minimum atomic E-state index is -2.27. The first-order valence-corrected chi connectivity index (χ1v) is 15.8. The summed E-state index contributed by atoms with van der Waals surface area (Å²) in [5.74, 6) is -1.67. The molecule has 5 unspecified atom stereocenters. The second kappa shape index (κ2) is 16.7. The molecule has 1 heterocycles. The minimum absolute atomic E-state index is 0.256. The lowest BCUT2D eigenvalue weighted by Gasteiger charge is -2.50. The van der Waals surface area contributed by atoms with E-state index in [1.165, 1.54) is 0 Å². The topological polar surface area (TPSA) is 75.6 Å². The summed E-state index contributed by atoms with van der Waals surface area (Å²) >= 11 is 0. The third kappa shape index (κ3) is 8.57. The Labute approximate surface area is 288 Å². The van der Waals surface area contributed by atoms with Gasteiger partial charge >= 0.3 is 0 Å². The highest BCUT2D eigenvalue weighted by molar-refractivity contribution is 5.28. The monoisotopic (exact) mass is 650 g/mol. The van der Waals surface area contributed by atoms with Gasteiger partial charge in [0.2, 0.25) is 5.79 Å². The van der Waals surface area contributed by atoms with E-state index in [9.17, 15) is 5.11 Å². The summed E-state index contributed by atoms with van der Waals surface area (Å²) in [4.78, 5) is 0. The summed E-state index contributed by atoms with van der Waals surface area (Å²) < 4.78 is 73.4. The van der Waals surface area contributed by atoms with Gasteiger partial charge in [-0.05, 0) is 34.4 Å². The van der Waals surface area contributed by atoms with E-state index >= 15 is 0 Å². The highest BCUT2D eigenvalue weighted by Crippen LogP contribution is 2.41. The summed E-state index contributed by atoms with van der Waals surface area (Å²) in [5.41, 5.74) is 2.45. The van der Waals surface area contributed by atoms with Crippen LogP contribution in [0.25, 0.3) is 0 Å². The molecular formula is C41H42O7. The normalized spacial score (nSPS) is 26.1. The van der Waals surface area contributed by atoms with Gasteiger partial charge in [0, 0.05) is 5.56 Å². The van der Waals surface area contributed by atoms with Crippen LogP contribution in [-0.4, -0.2) is 43.2 Å². The largest absolute Gasteiger partial charge is 0.497 e. The average molecular weight is 651 g/mol. The molecule has 1 fully saturated rings. The summed E-state index contributed by atoms with van der Waals surface area (Å²) in [7, 11) is 1.55. The SMILES string of the molecule is [2H]C(OC[C@H]1OC(O)(c2ccccc2)[C@H](OC([2H])c2ccc(OC)cc2)[C@@H](OC([2H])c2ccccc2)[C@H]1OC([2H])c1ccccc1)c1ccccc1. The summed E-state index contributed by atoms with van der Waals surface area (Å²) in [5, 5.41) is 12.8. The predicted octanol–water partition coefficient (Wildman–Crippen LogP) is 7.21. The van der Waals surface area contributed by atoms with Gasteiger partial charge in [-0.1, -0.05) is 133 Å². The van der Waals surface area contributed by atoms with Crippen molar-refractivity contribution in [3.8, 4) is 5.75 Å². The molecule has 0 aromatic heterocycles. The molecule has 0 spiro atoms. The fraction of sp³-hybridized carbons (Fsp3) is 0.268. The summed E-state index contributed by atoms with van der Waals surface area (Å²) in [6, 6.07) is 42.3. The molecule has 7 nitrogen and oxygen atoms in total. The first kappa shape index (κ1) is 28.7. The van der Waals surface area contributed by atoms with E-state index in [-0.39, 0.29) is 6.61 Å². The summed E-state index contributed by atoms with van der Waals surface area (Å²) in [6.07, 6.45) is -5.12. The maximum Gasteiger partial charge on any atom is 0.222 e. The highest BCUT2D eigenvalue weighted by Gasteiger charge is 2.57. The molecule has 0 radical (unpaired) electrons. The molecule has 0 bridgehead atoms. The fourth-order valence-electron chi connectivity index (χ4n) is 5.48. The Morgan fingerprint density at radius 1 is 0.583 bits per heavy atom. The maximum atomic E-state index is 12.8. The van der Waals surface area contributed by atoms with Gasteiger partial charge in [0.15, 0.2) is 0 Å². The zero-order valence-electron chi connectivity index (χ0n) is 30.6. The van der Waals surface area contributed by atoms with Crippen LogP contribution in [0.15, 0.2) is 146 Å². The second-order valence-electron chi connectivity index (χ2n) is 11.3. The number of hydrogen-bond acceptors (Lipinski definition) is 7. The van der Waals surface area contributed by atoms with Crippen molar-refractivity contribution in [3.63, 3.8) is 0 Å². The maximum absolute atomic E-state index is 12.8. The van der Waals surface area contributed by atoms with Gasteiger partial charge in [0.1, 0.15) is 30.2 Å². The molecular weight excluding hydrogens is 604 g/mol. The van der Waals surface area contributed by atoms with Gasteiger partial charge in [-0.15, -0.1) is 0 Å². The van der Waals surface area contributed by atoms with Gasteiger partial charge < -0.3 is 33.5 Å². The van der Waals surface area contributed by atoms with Gasteiger partial charge in [-0.3, -0.25) is 0 Å². The van der Waals surface area contributed by atoms with E-state index in [0.717, 1.165) is 0 Å². The third-order valence-corrected chi connectivity index (χ3v) is 7.96. The van der Waals surface area contributed by atoms with Crippen molar-refractivity contribution in [2.75, 3.05) is 13.7 Å². The number of benzene rings is 5. The van der Waals surface area contributed by atoms with Crippen LogP contribution in [0.5, 0.6) is 5.75 Å². The average Bonchev–Trinajstić information content (AvgIpc) is 3.20. The van der Waals surface area contributed by atoms with Crippen LogP contribution in [0.2, 0.25) is 0 Å². The van der Waals surface area contributed by atoms with Crippen LogP contribution in [-0.2, 0) is 55.8 Å². The lowest BCUT2D eigenvalue weighted by molar-refractivity contribution is -0.378. The Bertz CT molecular complexity index is 1790. The molecule has 1 N–H and O–H groups in total. The van der Waals surface area contributed by atoms with Crippen molar-refractivity contribution >= 4 is 0 Å². The van der Waals surface area contributed by atoms with E-state index in [4.69, 9.17) is 33.9 Å². The van der Waals surface area contributed by atoms with Crippen LogP contribution in [0.1, 0.15) is 33.3 Å². The molecule has 1 aliphatic heterocycles. The van der Waals surface area contributed by atoms with Gasteiger partial charge in [0.25, 0.3) is 0 Å². The number of hydrogen-bond donors (Lipinski definition) is 1. The standard InChI is InChI=1S/C41H42O7/c1-43-36-24-22-34(23-25-36)29-47-40-39(46-28-33-18-10-4-11-19-33)38(45-27-32-16-8-3-9-17-32)37(30-44-26-31-14-6-2-7-15-31)48-41(40,42)35-20-12-5-13-21-35/h2-25,37-40,42H,26-30H2,1H3/t37-,38+,39+,40-,41?/m1/s1/i26D,27D,28D,29D/t26?,27?,28?,29?,37-,38+,39+,40-,41?. The van der Waals surface area contributed by atoms with Crippen LogP contribution >= 0.6 is 0 Å². The van der Waals surface area contributed by atoms with E-state index < -0.39 is 56.5 Å². The number of ether oxygens (including phenoxy) is 6. The molecule has 1 aliphatic rings. The van der Waals surface area contributed by atoms with Crippen LogP contribution in [0, 0.1) is 0 Å². The zero-order valence-corrected chi connectivity index (χ0v) is 26.6. The molecule has 1 saturated heterocycles. The molecule has 248 valence electrons. The smallest absolute Gasteiger partial charge is 0.222 e. The Balaban J connectivity index is 1.44. The quantitative estimate of drug-likeness (QED) is 0.128. The third-order valence-electron chi connectivity index (χ3n) is 7.96. The minimum Gasteiger partial charge on any atom is -0.497 e. The van der Waals surface area contributed by atoms with Crippen LogP contribution < -0.4 is 4.74 Å². The Morgan fingerprint density at radius 2 is 1.04 bits per heavy atom. The molecule has 9 atom stereocenters. The Morgan fingerprint density at radius 3 is 1.58 bits per heavy atom. The lowest BCUT2D eigenvalue weighted by Crippen LogP contribution is -2.65. The van der Waals surface area contributed by atoms with Crippen molar-refractivity contribution < 1.29 is 39.0 Å². The van der Waals surface area contributed by atoms with Crippen LogP contribution in [0.3, 0.4) is 0 Å². The van der Waals surface area contributed by atoms with Crippen molar-refractivity contribution in [3.05, 3.63) is 173 Å².